The molecule has 0 aliphatic heterocycles. The van der Waals surface area contributed by atoms with Crippen molar-refractivity contribution in [3.63, 3.8) is 0 Å². The van der Waals surface area contributed by atoms with Crippen molar-refractivity contribution < 1.29 is 14.6 Å². The minimum atomic E-state index is -1.16. The summed E-state index contributed by atoms with van der Waals surface area (Å²) in [6.45, 7) is 7.47. The van der Waals surface area contributed by atoms with Gasteiger partial charge in [0.1, 0.15) is 5.75 Å². The van der Waals surface area contributed by atoms with Crippen molar-refractivity contribution in [3.05, 3.63) is 29.8 Å². The Labute approximate surface area is 128 Å². The van der Waals surface area contributed by atoms with E-state index in [1.54, 1.807) is 12.1 Å². The molecule has 0 spiro atoms. The topological polar surface area (TPSA) is 49.4 Å². The van der Waals surface area contributed by atoms with Gasteiger partial charge < -0.3 is 14.6 Å². The zero-order valence-electron chi connectivity index (χ0n) is 13.4. The Balaban J connectivity index is 2.16. The van der Waals surface area contributed by atoms with Crippen molar-refractivity contribution in [1.29, 1.82) is 0 Å². The highest BCUT2D eigenvalue weighted by Crippen LogP contribution is 2.17. The lowest BCUT2D eigenvalue weighted by Gasteiger charge is -2.13. The number of carboxylic acids is 1. The number of unbranched alkanes of at least 4 members (excludes halogenated alkanes) is 1. The molecule has 0 aliphatic rings. The predicted molar refractivity (Wildman–Crippen MR) is 83.4 cm³/mol. The van der Waals surface area contributed by atoms with Crippen molar-refractivity contribution in [2.75, 3.05) is 6.61 Å². The molecule has 21 heavy (non-hydrogen) atoms. The molecule has 0 unspecified atom stereocenters. The van der Waals surface area contributed by atoms with E-state index in [1.165, 1.54) is 37.8 Å². The molecule has 3 heteroatoms. The molecule has 0 aliphatic carbocycles. The molecule has 0 bridgehead atoms. The summed E-state index contributed by atoms with van der Waals surface area (Å²) in [5.74, 6) is 1.02. The third-order valence-electron chi connectivity index (χ3n) is 3.70. The normalized spacial score (nSPS) is 12.4. The number of carboxylic acid groups (broad SMARTS) is 1. The zero-order valence-corrected chi connectivity index (χ0v) is 13.4. The molecule has 3 nitrogen and oxygen atoms in total. The standard InChI is InChI=1S/C18H28O3/c1-14(2)6-4-5-7-15(3)12-13-21-17-10-8-16(9-11-17)18(19)20/h8-11,14-15H,4-7,12-13H2,1-3H3,(H,19,20)/p-1/t15-/m1/s1. The van der Waals surface area contributed by atoms with Gasteiger partial charge in [-0.2, -0.15) is 0 Å². The molecule has 118 valence electrons. The van der Waals surface area contributed by atoms with E-state index in [9.17, 15) is 9.90 Å². The summed E-state index contributed by atoms with van der Waals surface area (Å²) in [6.07, 6.45) is 6.20. The third kappa shape index (κ3) is 7.74. The summed E-state index contributed by atoms with van der Waals surface area (Å²) >= 11 is 0. The highest BCUT2D eigenvalue weighted by Gasteiger charge is 2.04. The van der Waals surface area contributed by atoms with Gasteiger partial charge in [0, 0.05) is 0 Å². The van der Waals surface area contributed by atoms with Gasteiger partial charge in [-0.1, -0.05) is 46.5 Å². The summed E-state index contributed by atoms with van der Waals surface area (Å²) in [7, 11) is 0. The maximum Gasteiger partial charge on any atom is 0.119 e. The average Bonchev–Trinajstić information content (AvgIpc) is 2.44. The van der Waals surface area contributed by atoms with Crippen LogP contribution in [-0.4, -0.2) is 12.6 Å². The number of benzene rings is 1. The first kappa shape index (κ1) is 17.5. The Morgan fingerprint density at radius 2 is 1.67 bits per heavy atom. The first-order valence-corrected chi connectivity index (χ1v) is 7.93. The Hall–Kier alpha value is -1.51. The van der Waals surface area contributed by atoms with Crippen molar-refractivity contribution in [2.24, 2.45) is 11.8 Å². The van der Waals surface area contributed by atoms with Crippen LogP contribution in [-0.2, 0) is 0 Å². The van der Waals surface area contributed by atoms with Crippen LogP contribution in [0.2, 0.25) is 0 Å². The highest BCUT2D eigenvalue weighted by molar-refractivity contribution is 5.85. The van der Waals surface area contributed by atoms with Gasteiger partial charge in [0.25, 0.3) is 0 Å². The summed E-state index contributed by atoms with van der Waals surface area (Å²) in [5, 5.41) is 10.6. The Kier molecular flexibility index (Phi) is 7.88. The first-order valence-electron chi connectivity index (χ1n) is 7.93. The van der Waals surface area contributed by atoms with Crippen molar-refractivity contribution >= 4 is 5.97 Å². The highest BCUT2D eigenvalue weighted by atomic mass is 16.5. The van der Waals surface area contributed by atoms with Crippen LogP contribution < -0.4 is 9.84 Å². The lowest BCUT2D eigenvalue weighted by atomic mass is 9.98. The number of carbonyl (C=O) groups excluding carboxylic acids is 1. The van der Waals surface area contributed by atoms with Crippen LogP contribution in [0.4, 0.5) is 0 Å². The van der Waals surface area contributed by atoms with E-state index in [-0.39, 0.29) is 5.56 Å². The van der Waals surface area contributed by atoms with Crippen LogP contribution in [0.25, 0.3) is 0 Å². The summed E-state index contributed by atoms with van der Waals surface area (Å²) in [4.78, 5) is 10.6. The monoisotopic (exact) mass is 291 g/mol. The van der Waals surface area contributed by atoms with Crippen molar-refractivity contribution in [3.8, 4) is 5.75 Å². The summed E-state index contributed by atoms with van der Waals surface area (Å²) in [6, 6.07) is 6.39. The molecule has 0 aromatic heterocycles. The molecular formula is C18H27O3-. The van der Waals surface area contributed by atoms with Gasteiger partial charge >= 0.3 is 0 Å². The summed E-state index contributed by atoms with van der Waals surface area (Å²) < 4.78 is 5.64. The maximum atomic E-state index is 10.6. The molecule has 0 saturated heterocycles. The van der Waals surface area contributed by atoms with Gasteiger partial charge in [-0.3, -0.25) is 0 Å². The fourth-order valence-electron chi connectivity index (χ4n) is 2.25. The molecule has 0 saturated carbocycles. The van der Waals surface area contributed by atoms with Gasteiger partial charge in [0.05, 0.1) is 12.6 Å². The van der Waals surface area contributed by atoms with Gasteiger partial charge in [-0.05, 0) is 48.1 Å². The molecular weight excluding hydrogens is 264 g/mol. The number of hydrogen-bond acceptors (Lipinski definition) is 3. The van der Waals surface area contributed by atoms with E-state index >= 15 is 0 Å². The second-order valence-corrected chi connectivity index (χ2v) is 6.23. The fraction of sp³-hybridized carbons (Fsp3) is 0.611. The maximum absolute atomic E-state index is 10.6. The molecule has 1 rings (SSSR count). The van der Waals surface area contributed by atoms with Crippen LogP contribution in [0.5, 0.6) is 5.75 Å². The van der Waals surface area contributed by atoms with Crippen LogP contribution >= 0.6 is 0 Å². The Morgan fingerprint density at radius 3 is 2.24 bits per heavy atom. The van der Waals surface area contributed by atoms with E-state index in [0.29, 0.717) is 18.3 Å². The average molecular weight is 291 g/mol. The molecule has 1 atom stereocenters. The lowest BCUT2D eigenvalue weighted by Crippen LogP contribution is -2.21. The Bertz CT molecular complexity index is 409. The largest absolute Gasteiger partial charge is 0.545 e. The number of rotatable bonds is 10. The molecule has 0 N–H and O–H groups in total. The number of carbonyl (C=O) groups is 1. The molecule has 0 amide bonds. The number of ether oxygens (including phenoxy) is 1. The van der Waals surface area contributed by atoms with Crippen LogP contribution in [0, 0.1) is 11.8 Å². The molecule has 0 radical (unpaired) electrons. The third-order valence-corrected chi connectivity index (χ3v) is 3.70. The summed E-state index contributed by atoms with van der Waals surface area (Å²) in [5.41, 5.74) is 0.181. The molecule has 1 aromatic rings. The quantitative estimate of drug-likeness (QED) is 0.618. The molecule has 0 heterocycles. The smallest absolute Gasteiger partial charge is 0.119 e. The van der Waals surface area contributed by atoms with Gasteiger partial charge in [0.2, 0.25) is 0 Å². The van der Waals surface area contributed by atoms with Crippen molar-refractivity contribution in [1.82, 2.24) is 0 Å². The first-order chi connectivity index (χ1) is 9.99. The minimum Gasteiger partial charge on any atom is -0.545 e. The van der Waals surface area contributed by atoms with Crippen LogP contribution in [0.15, 0.2) is 24.3 Å². The Morgan fingerprint density at radius 1 is 1.05 bits per heavy atom. The molecule has 1 aromatic carbocycles. The number of hydrogen-bond donors (Lipinski definition) is 0. The van der Waals surface area contributed by atoms with Gasteiger partial charge in [0.15, 0.2) is 0 Å². The SMILES string of the molecule is CC(C)CCCC[C@@H](C)CCOc1ccc(C(=O)[O-])cc1. The lowest BCUT2D eigenvalue weighted by molar-refractivity contribution is -0.255. The molecule has 0 fully saturated rings. The predicted octanol–water partition coefficient (Wildman–Crippen LogP) is 3.67. The van der Waals surface area contributed by atoms with Crippen LogP contribution in [0.3, 0.4) is 0 Å². The van der Waals surface area contributed by atoms with E-state index < -0.39 is 5.97 Å². The fourth-order valence-corrected chi connectivity index (χ4v) is 2.25. The number of aromatic carboxylic acids is 1. The zero-order chi connectivity index (χ0) is 15.7. The van der Waals surface area contributed by atoms with Crippen LogP contribution in [0.1, 0.15) is 63.2 Å². The van der Waals surface area contributed by atoms with Gasteiger partial charge in [-0.15, -0.1) is 0 Å². The van der Waals surface area contributed by atoms with Crippen molar-refractivity contribution in [2.45, 2.75) is 52.9 Å². The van der Waals surface area contributed by atoms with E-state index in [4.69, 9.17) is 4.74 Å². The van der Waals surface area contributed by atoms with E-state index in [2.05, 4.69) is 20.8 Å². The second-order valence-electron chi connectivity index (χ2n) is 6.23. The minimum absolute atomic E-state index is 0.181. The van der Waals surface area contributed by atoms with E-state index in [1.807, 2.05) is 0 Å². The van der Waals surface area contributed by atoms with Gasteiger partial charge in [-0.25, -0.2) is 0 Å². The second kappa shape index (κ2) is 9.43. The van der Waals surface area contributed by atoms with E-state index in [0.717, 1.165) is 12.3 Å².